The monoisotopic (exact) mass is 778 g/mol. The lowest BCUT2D eigenvalue weighted by atomic mass is 9.55. The van der Waals surface area contributed by atoms with Gasteiger partial charge in [-0.1, -0.05) is 91.3 Å². The van der Waals surface area contributed by atoms with Crippen molar-refractivity contribution in [2.45, 2.75) is 75.7 Å². The van der Waals surface area contributed by atoms with Crippen LogP contribution in [0.4, 0.5) is 4.79 Å². The number of allylic oxidation sites excluding steroid dienone is 1. The number of benzene rings is 3. The molecule has 1 aliphatic heterocycles. The van der Waals surface area contributed by atoms with E-state index in [0.717, 1.165) is 53.2 Å². The highest BCUT2D eigenvalue weighted by Crippen LogP contribution is 2.62. The first-order valence-corrected chi connectivity index (χ1v) is 20.3. The van der Waals surface area contributed by atoms with Gasteiger partial charge < -0.3 is 34.0 Å². The smallest absolute Gasteiger partial charge is 0.410 e. The number of hydrogen-bond acceptors (Lipinski definition) is 9. The third kappa shape index (κ3) is 8.98. The molecule has 1 heterocycles. The van der Waals surface area contributed by atoms with Gasteiger partial charge in [-0.25, -0.2) is 4.79 Å². The van der Waals surface area contributed by atoms with Crippen molar-refractivity contribution in [3.05, 3.63) is 121 Å². The van der Waals surface area contributed by atoms with Gasteiger partial charge in [0, 0.05) is 31.1 Å². The van der Waals surface area contributed by atoms with E-state index in [0.29, 0.717) is 43.1 Å². The quantitative estimate of drug-likeness (QED) is 0.0626. The number of carbonyl (C=O) groups is 1. The maximum absolute atomic E-state index is 14.7. The molecule has 2 aliphatic carbocycles. The summed E-state index contributed by atoms with van der Waals surface area (Å²) in [5.74, 6) is -0.498. The predicted molar refractivity (Wildman–Crippen MR) is 223 cm³/mol. The van der Waals surface area contributed by atoms with E-state index in [2.05, 4.69) is 50.1 Å². The number of aliphatic hydroxyl groups excluding tert-OH is 2. The Kier molecular flexibility index (Phi) is 14.6. The Morgan fingerprint density at radius 1 is 0.965 bits per heavy atom. The summed E-state index contributed by atoms with van der Waals surface area (Å²) < 4.78 is 26.5. The molecule has 304 valence electrons. The van der Waals surface area contributed by atoms with Crippen molar-refractivity contribution >= 4 is 22.6 Å². The molecule has 3 aliphatic rings. The average molecular weight is 779 g/mol. The third-order valence-electron chi connectivity index (χ3n) is 11.6. The molecule has 1 amide bonds. The van der Waals surface area contributed by atoms with Gasteiger partial charge in [-0.3, -0.25) is 4.90 Å². The molecule has 0 saturated heterocycles. The molecule has 3 aromatic rings. The van der Waals surface area contributed by atoms with Crippen LogP contribution >= 0.6 is 0 Å². The molecule has 6 atom stereocenters. The summed E-state index contributed by atoms with van der Waals surface area (Å²) in [5, 5.41) is 26.5. The van der Waals surface area contributed by atoms with Crippen LogP contribution in [0.25, 0.3) is 10.8 Å². The van der Waals surface area contributed by atoms with Gasteiger partial charge in [0.15, 0.2) is 0 Å². The van der Waals surface area contributed by atoms with Crippen LogP contribution in [0.1, 0.15) is 68.4 Å². The lowest BCUT2D eigenvalue weighted by Gasteiger charge is -2.59. The van der Waals surface area contributed by atoms with Crippen LogP contribution in [0.2, 0.25) is 0 Å². The van der Waals surface area contributed by atoms with E-state index in [9.17, 15) is 15.0 Å². The van der Waals surface area contributed by atoms with Crippen molar-refractivity contribution < 1.29 is 38.8 Å². The lowest BCUT2D eigenvalue weighted by molar-refractivity contribution is -0.256. The molecular weight excluding hydrogens is 721 g/mol. The molecule has 6 rings (SSSR count). The normalized spacial score (nSPS) is 24.0. The first-order chi connectivity index (χ1) is 27.9. The fourth-order valence-electron chi connectivity index (χ4n) is 9.23. The van der Waals surface area contributed by atoms with Crippen molar-refractivity contribution in [3.8, 4) is 11.5 Å². The second-order valence-corrected chi connectivity index (χ2v) is 15.0. The molecule has 1 fully saturated rings. The van der Waals surface area contributed by atoms with Crippen LogP contribution in [0, 0.1) is 17.8 Å². The molecule has 10 nitrogen and oxygen atoms in total. The lowest BCUT2D eigenvalue weighted by Crippen LogP contribution is -2.70. The first kappa shape index (κ1) is 41.7. The molecule has 0 unspecified atom stereocenters. The fraction of sp³-hybridized carbons (Fsp3) is 0.447. The van der Waals surface area contributed by atoms with Gasteiger partial charge in [0.05, 0.1) is 31.4 Å². The van der Waals surface area contributed by atoms with E-state index in [1.54, 1.807) is 30.2 Å². The van der Waals surface area contributed by atoms with E-state index in [1.165, 1.54) is 0 Å². The van der Waals surface area contributed by atoms with E-state index >= 15 is 0 Å². The van der Waals surface area contributed by atoms with E-state index in [4.69, 9.17) is 28.9 Å². The largest absolute Gasteiger partial charge is 0.490 e. The van der Waals surface area contributed by atoms with Crippen molar-refractivity contribution in [2.24, 2.45) is 22.9 Å². The Hall–Kier alpha value is -4.90. The number of oxime groups is 1. The number of amides is 1. The summed E-state index contributed by atoms with van der Waals surface area (Å²) in [6, 6.07) is 19.4. The molecular formula is C47H58N2O8. The molecule has 3 aromatic carbocycles. The molecule has 1 saturated carbocycles. The van der Waals surface area contributed by atoms with Crippen molar-refractivity contribution in [3.63, 3.8) is 0 Å². The zero-order valence-electron chi connectivity index (χ0n) is 33.2. The van der Waals surface area contributed by atoms with Gasteiger partial charge >= 0.3 is 6.09 Å². The second-order valence-electron chi connectivity index (χ2n) is 15.0. The predicted octanol–water partition coefficient (Wildman–Crippen LogP) is 8.88. The number of hydrogen-bond donors (Lipinski definition) is 2. The van der Waals surface area contributed by atoms with Gasteiger partial charge in [0.25, 0.3) is 0 Å². The minimum absolute atomic E-state index is 0.0848. The minimum atomic E-state index is -1.42. The molecule has 10 heteroatoms. The Bertz CT molecular complexity index is 1920. The Balaban J connectivity index is 1.60. The Labute approximate surface area is 337 Å². The topological polar surface area (TPSA) is 119 Å². The molecule has 2 N–H and O–H groups in total. The maximum atomic E-state index is 14.7. The molecule has 0 aromatic heterocycles. The average Bonchev–Trinajstić information content (AvgIpc) is 3.23. The number of aliphatic hydroxyl groups is 2. The third-order valence-corrected chi connectivity index (χ3v) is 11.6. The van der Waals surface area contributed by atoms with E-state index in [-0.39, 0.29) is 57.1 Å². The summed E-state index contributed by atoms with van der Waals surface area (Å²) >= 11 is 0. The highest BCUT2D eigenvalue weighted by Gasteiger charge is 2.65. The highest BCUT2D eigenvalue weighted by atomic mass is 16.7. The minimum Gasteiger partial charge on any atom is -0.490 e. The fourth-order valence-corrected chi connectivity index (χ4v) is 9.23. The maximum Gasteiger partial charge on any atom is 0.410 e. The highest BCUT2D eigenvalue weighted by molar-refractivity contribution is 6.03. The van der Waals surface area contributed by atoms with Crippen molar-refractivity contribution in [1.29, 1.82) is 0 Å². The first-order valence-electron chi connectivity index (χ1n) is 20.3. The van der Waals surface area contributed by atoms with Crippen LogP contribution in [-0.4, -0.2) is 78.9 Å². The summed E-state index contributed by atoms with van der Waals surface area (Å²) in [4.78, 5) is 22.0. The van der Waals surface area contributed by atoms with Crippen LogP contribution in [-0.2, 0) is 20.9 Å². The number of carbonyl (C=O) groups excluding carboxylic acids is 1. The number of rotatable bonds is 21. The second kappa shape index (κ2) is 20.0. The summed E-state index contributed by atoms with van der Waals surface area (Å²) in [5.41, 5.74) is 3.61. The van der Waals surface area contributed by atoms with Gasteiger partial charge in [-0.2, -0.15) is 0 Å². The van der Waals surface area contributed by atoms with Crippen LogP contribution < -0.4 is 9.47 Å². The van der Waals surface area contributed by atoms with E-state index < -0.39 is 23.8 Å². The summed E-state index contributed by atoms with van der Waals surface area (Å²) in [6.07, 6.45) is 12.5. The van der Waals surface area contributed by atoms with Gasteiger partial charge in [-0.05, 0) is 84.0 Å². The van der Waals surface area contributed by atoms with E-state index in [1.807, 2.05) is 36.4 Å². The van der Waals surface area contributed by atoms with Crippen molar-refractivity contribution in [2.75, 3.05) is 40.1 Å². The number of unbranched alkanes of at least 4 members (excludes halogenated alkanes) is 2. The van der Waals surface area contributed by atoms with Gasteiger partial charge in [-0.15, -0.1) is 13.2 Å². The SMILES string of the molecule is C=CCCOC(=O)N(Cc1cccc2ccccc12)[C@H]1CC(=NOC)C2=C[C@H](CCCCO)[C@@H](CCCCO)[C@@H]3c4cc(OCC=C)ccc4O[C@@]1(OCC=C)[C@H]23. The van der Waals surface area contributed by atoms with Gasteiger partial charge in [0.1, 0.15) is 31.3 Å². The zero-order valence-corrected chi connectivity index (χ0v) is 33.2. The zero-order chi connectivity index (χ0) is 40.2. The molecule has 0 radical (unpaired) electrons. The van der Waals surface area contributed by atoms with Crippen LogP contribution in [0.15, 0.2) is 115 Å². The van der Waals surface area contributed by atoms with Gasteiger partial charge in [0.2, 0.25) is 5.79 Å². The Morgan fingerprint density at radius 3 is 2.49 bits per heavy atom. The molecule has 0 spiro atoms. The number of fused-ring (bicyclic) bond motifs is 3. The number of ether oxygens (including phenoxy) is 4. The summed E-state index contributed by atoms with van der Waals surface area (Å²) in [7, 11) is 1.54. The molecule has 57 heavy (non-hydrogen) atoms. The standard InChI is InChI=1S/C47H58N2O8/c1-5-8-28-55-46(52)49(32-35-19-15-18-33-16-9-10-20-37(33)35)43-31-41(48-53-4)39-29-34(17-11-13-24-50)38(21-12-14-25-51)44-40-30-36(54-26-6-2)22-23-42(40)57-47(43,45(39)44)56-27-7-3/h5-7,9-10,15-16,18-20,22-23,29-30,34,38,43-45,50-51H,1-3,8,11-14,17,21,24-28,31-32H2,4H3/t34-,38+,43-,44+,45+,47+/m0/s1. The molecule has 0 bridgehead atoms. The van der Waals surface area contributed by atoms with Crippen LogP contribution in [0.5, 0.6) is 11.5 Å². The summed E-state index contributed by atoms with van der Waals surface area (Å²) in [6.45, 7) is 12.8. The Morgan fingerprint density at radius 2 is 1.74 bits per heavy atom. The number of nitrogens with zero attached hydrogens (tertiary/aromatic N) is 2. The van der Waals surface area contributed by atoms with Crippen molar-refractivity contribution in [1.82, 2.24) is 4.90 Å². The van der Waals surface area contributed by atoms with Crippen LogP contribution in [0.3, 0.4) is 0 Å².